The van der Waals surface area contributed by atoms with Gasteiger partial charge in [0, 0.05) is 69.8 Å². The molecule has 1 aromatic heterocycles. The third kappa shape index (κ3) is 6.42. The number of sulfonamides is 1. The summed E-state index contributed by atoms with van der Waals surface area (Å²) in [6.07, 6.45) is 7.99. The summed E-state index contributed by atoms with van der Waals surface area (Å²) < 4.78 is 45.2. The summed E-state index contributed by atoms with van der Waals surface area (Å²) in [6, 6.07) is 2.33. The van der Waals surface area contributed by atoms with Crippen molar-refractivity contribution < 1.29 is 17.5 Å². The number of rotatable bonds is 8. The monoisotopic (exact) mass is 428 g/mol. The molecule has 164 valence electrons. The van der Waals surface area contributed by atoms with Gasteiger partial charge >= 0.3 is 0 Å². The predicted molar refractivity (Wildman–Crippen MR) is 111 cm³/mol. The first kappa shape index (κ1) is 22.6. The van der Waals surface area contributed by atoms with Crippen molar-refractivity contribution in [3.05, 3.63) is 29.8 Å². The second kappa shape index (κ2) is 10.3. The van der Waals surface area contributed by atoms with E-state index in [1.165, 1.54) is 12.5 Å². The van der Waals surface area contributed by atoms with Gasteiger partial charge in [0.1, 0.15) is 5.82 Å². The molecule has 0 saturated carbocycles. The molecular weight excluding hydrogens is 395 g/mol. The summed E-state index contributed by atoms with van der Waals surface area (Å²) in [4.78, 5) is 8.41. The fraction of sp³-hybridized carbons (Fsp3) is 0.750. The first-order chi connectivity index (χ1) is 13.8. The third-order valence-electron chi connectivity index (χ3n) is 5.99. The molecule has 9 heteroatoms. The van der Waals surface area contributed by atoms with Gasteiger partial charge in [0.15, 0.2) is 0 Å². The van der Waals surface area contributed by atoms with E-state index >= 15 is 0 Å². The second-order valence-electron chi connectivity index (χ2n) is 8.20. The SMILES string of the molecule is CN(CCN(C1CCOCC1)C1CCCN(S(C)(=O)=O)C1)Cc1ccncc1F. The van der Waals surface area contributed by atoms with Crippen LogP contribution in [0.1, 0.15) is 31.2 Å². The van der Waals surface area contributed by atoms with Crippen molar-refractivity contribution in [2.24, 2.45) is 0 Å². The largest absolute Gasteiger partial charge is 0.381 e. The van der Waals surface area contributed by atoms with Crippen LogP contribution < -0.4 is 0 Å². The van der Waals surface area contributed by atoms with E-state index in [1.54, 1.807) is 16.6 Å². The van der Waals surface area contributed by atoms with Gasteiger partial charge in [-0.25, -0.2) is 17.1 Å². The van der Waals surface area contributed by atoms with Gasteiger partial charge in [-0.3, -0.25) is 9.88 Å². The van der Waals surface area contributed by atoms with Gasteiger partial charge in [0.25, 0.3) is 0 Å². The number of hydrogen-bond donors (Lipinski definition) is 0. The van der Waals surface area contributed by atoms with Crippen molar-refractivity contribution in [3.8, 4) is 0 Å². The van der Waals surface area contributed by atoms with Crippen molar-refractivity contribution in [1.82, 2.24) is 19.1 Å². The quantitative estimate of drug-likeness (QED) is 0.626. The summed E-state index contributed by atoms with van der Waals surface area (Å²) in [5.41, 5.74) is 0.640. The molecule has 2 fully saturated rings. The van der Waals surface area contributed by atoms with Crippen LogP contribution in [0.2, 0.25) is 0 Å². The fourth-order valence-corrected chi connectivity index (χ4v) is 5.26. The summed E-state index contributed by atoms with van der Waals surface area (Å²) in [5.74, 6) is -0.281. The van der Waals surface area contributed by atoms with Crippen LogP contribution in [-0.2, 0) is 21.3 Å². The van der Waals surface area contributed by atoms with E-state index in [-0.39, 0.29) is 11.9 Å². The van der Waals surface area contributed by atoms with Crippen LogP contribution in [0.3, 0.4) is 0 Å². The first-order valence-electron chi connectivity index (χ1n) is 10.4. The molecule has 3 heterocycles. The van der Waals surface area contributed by atoms with E-state index in [9.17, 15) is 12.8 Å². The molecule has 0 aliphatic carbocycles. The minimum atomic E-state index is -3.18. The van der Waals surface area contributed by atoms with Crippen LogP contribution in [0.15, 0.2) is 18.5 Å². The van der Waals surface area contributed by atoms with Gasteiger partial charge in [-0.2, -0.15) is 0 Å². The Kier molecular flexibility index (Phi) is 7.98. The standard InChI is InChI=1S/C20H33FN4O3S/c1-23(15-17-5-8-22-14-20(17)21)10-11-25(18-6-12-28-13-7-18)19-4-3-9-24(16-19)29(2,26)27/h5,8,14,18-19H,3-4,6-7,9-13,15-16H2,1-2H3. The van der Waals surface area contributed by atoms with Crippen LogP contribution in [0.5, 0.6) is 0 Å². The lowest BCUT2D eigenvalue weighted by molar-refractivity contribution is 0.00272. The van der Waals surface area contributed by atoms with Crippen LogP contribution in [0, 0.1) is 5.82 Å². The molecule has 29 heavy (non-hydrogen) atoms. The number of nitrogens with zero attached hydrogens (tertiary/aromatic N) is 4. The molecule has 2 aliphatic heterocycles. The predicted octanol–water partition coefficient (Wildman–Crippen LogP) is 1.56. The molecule has 0 aromatic carbocycles. The molecular formula is C20H33FN4O3S. The van der Waals surface area contributed by atoms with Crippen LogP contribution >= 0.6 is 0 Å². The van der Waals surface area contributed by atoms with Crippen molar-refractivity contribution in [1.29, 1.82) is 0 Å². The Labute approximate surface area is 173 Å². The highest BCUT2D eigenvalue weighted by molar-refractivity contribution is 7.88. The van der Waals surface area contributed by atoms with Gasteiger partial charge in [-0.15, -0.1) is 0 Å². The lowest BCUT2D eigenvalue weighted by atomic mass is 9.99. The number of aromatic nitrogens is 1. The van der Waals surface area contributed by atoms with Crippen LogP contribution in [-0.4, -0.2) is 92.3 Å². The van der Waals surface area contributed by atoms with Gasteiger partial charge in [-0.1, -0.05) is 0 Å². The molecule has 0 radical (unpaired) electrons. The first-order valence-corrected chi connectivity index (χ1v) is 12.2. The lowest BCUT2D eigenvalue weighted by Gasteiger charge is -2.44. The van der Waals surface area contributed by atoms with Crippen molar-refractivity contribution in [2.45, 2.75) is 44.3 Å². The Hall–Kier alpha value is -1.13. The number of likely N-dealkylation sites (N-methyl/N-ethyl adjacent to an activating group) is 1. The maximum absolute atomic E-state index is 13.9. The fourth-order valence-electron chi connectivity index (χ4n) is 4.36. The van der Waals surface area contributed by atoms with Crippen LogP contribution in [0.25, 0.3) is 0 Å². The van der Waals surface area contributed by atoms with E-state index in [0.29, 0.717) is 31.2 Å². The summed E-state index contributed by atoms with van der Waals surface area (Å²) >= 11 is 0. The van der Waals surface area contributed by atoms with Crippen LogP contribution in [0.4, 0.5) is 4.39 Å². The highest BCUT2D eigenvalue weighted by atomic mass is 32.2. The molecule has 0 spiro atoms. The molecule has 1 aromatic rings. The molecule has 0 N–H and O–H groups in total. The Balaban J connectivity index is 1.64. The molecule has 0 amide bonds. The number of piperidine rings is 1. The third-order valence-corrected chi connectivity index (χ3v) is 7.26. The Morgan fingerprint density at radius 2 is 2.00 bits per heavy atom. The minimum absolute atomic E-state index is 0.215. The molecule has 1 atom stereocenters. The van der Waals surface area contributed by atoms with E-state index in [2.05, 4.69) is 14.8 Å². The second-order valence-corrected chi connectivity index (χ2v) is 10.2. The molecule has 0 bridgehead atoms. The normalized spacial score (nSPS) is 22.4. The molecule has 2 saturated heterocycles. The number of ether oxygens (including phenoxy) is 1. The van der Waals surface area contributed by atoms with E-state index < -0.39 is 10.0 Å². The van der Waals surface area contributed by atoms with E-state index in [1.807, 2.05) is 7.05 Å². The van der Waals surface area contributed by atoms with E-state index in [0.717, 1.165) is 52.0 Å². The van der Waals surface area contributed by atoms with Gasteiger partial charge < -0.3 is 9.64 Å². The van der Waals surface area contributed by atoms with E-state index in [4.69, 9.17) is 4.74 Å². The number of halogens is 1. The average Bonchev–Trinajstić information content (AvgIpc) is 2.70. The molecule has 1 unspecified atom stereocenters. The number of pyridine rings is 1. The topological polar surface area (TPSA) is 66.0 Å². The Morgan fingerprint density at radius 1 is 1.24 bits per heavy atom. The maximum atomic E-state index is 13.9. The zero-order valence-electron chi connectivity index (χ0n) is 17.5. The lowest BCUT2D eigenvalue weighted by Crippen LogP contribution is -2.55. The van der Waals surface area contributed by atoms with Gasteiger partial charge in [-0.05, 0) is 38.8 Å². The maximum Gasteiger partial charge on any atom is 0.211 e. The molecule has 2 aliphatic rings. The number of hydrogen-bond acceptors (Lipinski definition) is 6. The Morgan fingerprint density at radius 3 is 2.69 bits per heavy atom. The smallest absolute Gasteiger partial charge is 0.211 e. The molecule has 3 rings (SSSR count). The minimum Gasteiger partial charge on any atom is -0.381 e. The van der Waals surface area contributed by atoms with Crippen molar-refractivity contribution in [2.75, 3.05) is 52.7 Å². The van der Waals surface area contributed by atoms with Gasteiger partial charge in [0.05, 0.1) is 12.5 Å². The highest BCUT2D eigenvalue weighted by Crippen LogP contribution is 2.24. The average molecular weight is 429 g/mol. The van der Waals surface area contributed by atoms with Gasteiger partial charge in [0.2, 0.25) is 10.0 Å². The van der Waals surface area contributed by atoms with Crippen molar-refractivity contribution in [3.63, 3.8) is 0 Å². The highest BCUT2D eigenvalue weighted by Gasteiger charge is 2.33. The van der Waals surface area contributed by atoms with Crippen molar-refractivity contribution >= 4 is 10.0 Å². The zero-order valence-corrected chi connectivity index (χ0v) is 18.3. The Bertz CT molecular complexity index is 758. The summed E-state index contributed by atoms with van der Waals surface area (Å²) in [7, 11) is -1.18. The zero-order chi connectivity index (χ0) is 20.9. The summed E-state index contributed by atoms with van der Waals surface area (Å²) in [5, 5.41) is 0. The molecule has 7 nitrogen and oxygen atoms in total. The summed E-state index contributed by atoms with van der Waals surface area (Å²) in [6.45, 7) is 4.81.